The Bertz CT molecular complexity index is 1110. The van der Waals surface area contributed by atoms with Crippen molar-refractivity contribution in [1.29, 1.82) is 0 Å². The van der Waals surface area contributed by atoms with Crippen molar-refractivity contribution in [3.63, 3.8) is 0 Å². The molecular formula is C21H22ClN3O2S. The van der Waals surface area contributed by atoms with Crippen LogP contribution >= 0.6 is 11.6 Å². The molecule has 0 aliphatic carbocycles. The second-order valence-corrected chi connectivity index (χ2v) is 9.16. The molecule has 1 fully saturated rings. The summed E-state index contributed by atoms with van der Waals surface area (Å²) >= 11 is 6.46. The van der Waals surface area contributed by atoms with Crippen LogP contribution in [0.15, 0.2) is 65.6 Å². The number of rotatable bonds is 4. The van der Waals surface area contributed by atoms with Crippen LogP contribution in [0.3, 0.4) is 0 Å². The number of halogens is 1. The normalized spacial score (nSPS) is 15.7. The van der Waals surface area contributed by atoms with Gasteiger partial charge in [0.15, 0.2) is 0 Å². The van der Waals surface area contributed by atoms with Gasteiger partial charge in [-0.2, -0.15) is 0 Å². The van der Waals surface area contributed by atoms with Gasteiger partial charge in [0.25, 0.3) is 10.0 Å². The summed E-state index contributed by atoms with van der Waals surface area (Å²) < 4.78 is 28.3. The third-order valence-corrected chi connectivity index (χ3v) is 6.76. The molecule has 0 amide bonds. The summed E-state index contributed by atoms with van der Waals surface area (Å²) in [5.41, 5.74) is 1.39. The fraction of sp³-hybridized carbons (Fsp3) is 0.238. The molecule has 3 aromatic rings. The van der Waals surface area contributed by atoms with E-state index < -0.39 is 10.0 Å². The average Bonchev–Trinajstić information content (AvgIpc) is 2.68. The zero-order valence-electron chi connectivity index (χ0n) is 15.6. The molecule has 1 saturated heterocycles. The molecule has 5 nitrogen and oxygen atoms in total. The van der Waals surface area contributed by atoms with E-state index in [0.29, 0.717) is 10.7 Å². The average molecular weight is 416 g/mol. The van der Waals surface area contributed by atoms with Gasteiger partial charge in [0, 0.05) is 26.2 Å². The summed E-state index contributed by atoms with van der Waals surface area (Å²) in [6.45, 7) is 3.76. The van der Waals surface area contributed by atoms with Crippen molar-refractivity contribution in [2.24, 2.45) is 0 Å². The quantitative estimate of drug-likeness (QED) is 0.698. The van der Waals surface area contributed by atoms with Gasteiger partial charge in [-0.25, -0.2) is 8.42 Å². The second kappa shape index (κ2) is 7.62. The molecule has 0 radical (unpaired) electrons. The molecule has 0 spiro atoms. The van der Waals surface area contributed by atoms with Gasteiger partial charge < -0.3 is 9.80 Å². The van der Waals surface area contributed by atoms with Crippen molar-refractivity contribution in [3.05, 3.63) is 65.7 Å². The van der Waals surface area contributed by atoms with Crippen LogP contribution in [0, 0.1) is 0 Å². The van der Waals surface area contributed by atoms with Gasteiger partial charge >= 0.3 is 0 Å². The van der Waals surface area contributed by atoms with Crippen molar-refractivity contribution in [2.45, 2.75) is 4.90 Å². The minimum Gasteiger partial charge on any atom is -0.368 e. The maximum absolute atomic E-state index is 12.8. The standard InChI is InChI=1S/C21H22ClN3O2S/c1-24-10-12-25(13-11-24)21-9-7-18(15-20(21)22)23-28(26,27)19-8-6-16-4-2-3-5-17(16)14-19/h2-9,14-15,23H,10-13H2,1H3. The van der Waals surface area contributed by atoms with Crippen LogP contribution < -0.4 is 9.62 Å². The maximum Gasteiger partial charge on any atom is 0.261 e. The van der Waals surface area contributed by atoms with Crippen molar-refractivity contribution in [3.8, 4) is 0 Å². The Morgan fingerprint density at radius 3 is 2.32 bits per heavy atom. The predicted octanol–water partition coefficient (Wildman–Crippen LogP) is 4.05. The van der Waals surface area contributed by atoms with Crippen LogP contribution in [-0.2, 0) is 10.0 Å². The van der Waals surface area contributed by atoms with Crippen LogP contribution in [0.2, 0.25) is 5.02 Å². The van der Waals surface area contributed by atoms with Gasteiger partial charge in [-0.15, -0.1) is 0 Å². The topological polar surface area (TPSA) is 52.6 Å². The molecule has 1 aliphatic heterocycles. The SMILES string of the molecule is CN1CCN(c2ccc(NS(=O)(=O)c3ccc4ccccc4c3)cc2Cl)CC1. The van der Waals surface area contributed by atoms with Gasteiger partial charge in [-0.1, -0.05) is 41.9 Å². The van der Waals surface area contributed by atoms with E-state index in [9.17, 15) is 8.42 Å². The highest BCUT2D eigenvalue weighted by atomic mass is 35.5. The molecule has 7 heteroatoms. The summed E-state index contributed by atoms with van der Waals surface area (Å²) in [6.07, 6.45) is 0. The number of likely N-dealkylation sites (N-methyl/N-ethyl adjacent to an activating group) is 1. The zero-order valence-corrected chi connectivity index (χ0v) is 17.2. The predicted molar refractivity (Wildman–Crippen MR) is 116 cm³/mol. The van der Waals surface area contributed by atoms with Gasteiger partial charge in [0.1, 0.15) is 0 Å². The molecule has 4 rings (SSSR count). The molecule has 146 valence electrons. The third-order valence-electron chi connectivity index (χ3n) is 5.08. The Hall–Kier alpha value is -2.28. The van der Waals surface area contributed by atoms with Crippen LogP contribution in [0.1, 0.15) is 0 Å². The lowest BCUT2D eigenvalue weighted by Crippen LogP contribution is -2.44. The fourth-order valence-electron chi connectivity index (χ4n) is 3.42. The van der Waals surface area contributed by atoms with E-state index in [1.807, 2.05) is 36.4 Å². The van der Waals surface area contributed by atoms with E-state index in [1.54, 1.807) is 24.3 Å². The lowest BCUT2D eigenvalue weighted by Gasteiger charge is -2.34. The first-order chi connectivity index (χ1) is 13.4. The molecule has 0 aromatic heterocycles. The van der Waals surface area contributed by atoms with E-state index in [4.69, 9.17) is 11.6 Å². The Labute approximate surface area is 170 Å². The summed E-state index contributed by atoms with van der Waals surface area (Å²) in [6, 6.07) is 18.1. The number of nitrogens with one attached hydrogen (secondary N) is 1. The minimum absolute atomic E-state index is 0.227. The first kappa shape index (κ1) is 19.1. The van der Waals surface area contributed by atoms with Crippen LogP contribution in [0.5, 0.6) is 0 Å². The number of anilines is 2. The Morgan fingerprint density at radius 1 is 0.893 bits per heavy atom. The van der Waals surface area contributed by atoms with E-state index in [0.717, 1.165) is 42.6 Å². The van der Waals surface area contributed by atoms with Gasteiger partial charge in [0.05, 0.1) is 21.3 Å². The number of fused-ring (bicyclic) bond motifs is 1. The number of piperazine rings is 1. The van der Waals surface area contributed by atoms with E-state index in [1.165, 1.54) is 0 Å². The van der Waals surface area contributed by atoms with Crippen LogP contribution in [0.25, 0.3) is 10.8 Å². The van der Waals surface area contributed by atoms with Crippen LogP contribution in [-0.4, -0.2) is 46.5 Å². The van der Waals surface area contributed by atoms with Crippen molar-refractivity contribution < 1.29 is 8.42 Å². The van der Waals surface area contributed by atoms with Crippen LogP contribution in [0.4, 0.5) is 11.4 Å². The molecule has 1 N–H and O–H groups in total. The van der Waals surface area contributed by atoms with E-state index in [-0.39, 0.29) is 4.90 Å². The Balaban J connectivity index is 1.56. The highest BCUT2D eigenvalue weighted by Crippen LogP contribution is 2.31. The minimum atomic E-state index is -3.70. The molecule has 28 heavy (non-hydrogen) atoms. The van der Waals surface area contributed by atoms with E-state index in [2.05, 4.69) is 21.6 Å². The molecule has 0 atom stereocenters. The largest absolute Gasteiger partial charge is 0.368 e. The molecule has 0 bridgehead atoms. The highest BCUT2D eigenvalue weighted by molar-refractivity contribution is 7.92. The molecule has 0 unspecified atom stereocenters. The molecular weight excluding hydrogens is 394 g/mol. The van der Waals surface area contributed by atoms with Crippen molar-refractivity contribution in [1.82, 2.24) is 4.90 Å². The van der Waals surface area contributed by atoms with Gasteiger partial charge in [-0.3, -0.25) is 4.72 Å². The Kier molecular flexibility index (Phi) is 5.19. The smallest absolute Gasteiger partial charge is 0.261 e. The van der Waals surface area contributed by atoms with Crippen molar-refractivity contribution in [2.75, 3.05) is 42.8 Å². The summed E-state index contributed by atoms with van der Waals surface area (Å²) in [5, 5.41) is 2.43. The third kappa shape index (κ3) is 3.94. The maximum atomic E-state index is 12.8. The highest BCUT2D eigenvalue weighted by Gasteiger charge is 2.19. The second-order valence-electron chi connectivity index (χ2n) is 7.07. The molecule has 3 aromatic carbocycles. The van der Waals surface area contributed by atoms with Gasteiger partial charge in [-0.05, 0) is 48.2 Å². The van der Waals surface area contributed by atoms with Gasteiger partial charge in [0.2, 0.25) is 0 Å². The molecule has 1 aliphatic rings. The molecule has 0 saturated carbocycles. The first-order valence-corrected chi connectivity index (χ1v) is 11.0. The lowest BCUT2D eigenvalue weighted by atomic mass is 10.1. The number of nitrogens with zero attached hydrogens (tertiary/aromatic N) is 2. The summed E-state index contributed by atoms with van der Waals surface area (Å²) in [5.74, 6) is 0. The van der Waals surface area contributed by atoms with Crippen molar-refractivity contribution >= 4 is 43.8 Å². The fourth-order valence-corrected chi connectivity index (χ4v) is 4.81. The first-order valence-electron chi connectivity index (χ1n) is 9.17. The zero-order chi connectivity index (χ0) is 19.7. The Morgan fingerprint density at radius 2 is 1.61 bits per heavy atom. The number of hydrogen-bond acceptors (Lipinski definition) is 4. The number of hydrogen-bond donors (Lipinski definition) is 1. The van der Waals surface area contributed by atoms with E-state index >= 15 is 0 Å². The molecule has 1 heterocycles. The summed E-state index contributed by atoms with van der Waals surface area (Å²) in [7, 11) is -1.59. The number of sulfonamides is 1. The lowest BCUT2D eigenvalue weighted by molar-refractivity contribution is 0.313. The number of benzene rings is 3. The summed E-state index contributed by atoms with van der Waals surface area (Å²) in [4.78, 5) is 4.73. The monoisotopic (exact) mass is 415 g/mol.